The van der Waals surface area contributed by atoms with Crippen LogP contribution in [0.15, 0.2) is 171 Å². The van der Waals surface area contributed by atoms with Crippen LogP contribution < -0.4 is 10.2 Å². The summed E-state index contributed by atoms with van der Waals surface area (Å²) in [5, 5.41) is 22.7. The Bertz CT molecular complexity index is 4130. The molecule has 4 aromatic carbocycles. The molecule has 2 unspecified atom stereocenters. The average molecular weight is 1190 g/mol. The molecule has 87 heavy (non-hydrogen) atoms. The maximum atomic E-state index is 14.2. The molecule has 17 nitrogen and oxygen atoms in total. The summed E-state index contributed by atoms with van der Waals surface area (Å²) < 4.78 is 4.28. The molecule has 4 amide bonds. The molecule has 2 aliphatic carbocycles. The second-order valence-corrected chi connectivity index (χ2v) is 22.7. The number of nitrogens with one attached hydrogen (secondary N) is 1. The number of hydrogen-bond acceptors (Lipinski definition) is 11. The van der Waals surface area contributed by atoms with Gasteiger partial charge in [-0.15, -0.1) is 0 Å². The summed E-state index contributed by atoms with van der Waals surface area (Å²) in [6, 6.07) is 42.2. The van der Waals surface area contributed by atoms with Crippen molar-refractivity contribution in [2.75, 3.05) is 62.6 Å². The minimum Gasteiger partial charge on any atom is -0.331 e. The van der Waals surface area contributed by atoms with Crippen LogP contribution in [0.5, 0.6) is 0 Å². The van der Waals surface area contributed by atoms with E-state index >= 15 is 0 Å². The number of aryl methyl sites for hydroxylation is 2. The fraction of sp³-hybridized carbons (Fsp3) is 0.221. The molecule has 7 heterocycles. The number of nitriles is 2. The lowest BCUT2D eigenvalue weighted by atomic mass is 9.93. The Labute approximate surface area is 515 Å². The Morgan fingerprint density at radius 3 is 1.53 bits per heavy atom. The lowest BCUT2D eigenvalue weighted by molar-refractivity contribution is 0.122. The van der Waals surface area contributed by atoms with Gasteiger partial charge in [0.05, 0.1) is 53.3 Å². The zero-order chi connectivity index (χ0) is 60.0. The zero-order valence-electron chi connectivity index (χ0n) is 48.1. The third kappa shape index (κ3) is 12.7. The third-order valence-electron chi connectivity index (χ3n) is 16.6. The number of benzene rings is 4. The number of rotatable bonds is 10. The van der Waals surface area contributed by atoms with Crippen molar-refractivity contribution in [3.8, 4) is 12.1 Å². The Morgan fingerprint density at radius 2 is 1.06 bits per heavy atom. The number of hydrogen-bond donors (Lipinski definition) is 1. The number of piperazine rings is 2. The van der Waals surface area contributed by atoms with Crippen LogP contribution in [0.25, 0.3) is 23.3 Å². The van der Waals surface area contributed by atoms with E-state index < -0.39 is 0 Å². The molecule has 5 aromatic heterocycles. The van der Waals surface area contributed by atoms with Crippen LogP contribution in [-0.4, -0.2) is 118 Å². The van der Waals surface area contributed by atoms with Crippen LogP contribution in [0, 0.1) is 36.5 Å². The van der Waals surface area contributed by atoms with Crippen molar-refractivity contribution in [2.45, 2.75) is 45.6 Å². The van der Waals surface area contributed by atoms with E-state index in [0.29, 0.717) is 98.9 Å². The van der Waals surface area contributed by atoms with Gasteiger partial charge in [-0.1, -0.05) is 47.5 Å². The number of urea groups is 2. The molecule has 13 rings (SSSR count). The lowest BCUT2D eigenvalue weighted by Gasteiger charge is -2.41. The molecular formula is C68H61Cl2N15O2. The lowest BCUT2D eigenvalue weighted by Crippen LogP contribution is -2.53. The van der Waals surface area contributed by atoms with E-state index in [-0.39, 0.29) is 24.1 Å². The van der Waals surface area contributed by atoms with E-state index in [1.165, 1.54) is 0 Å². The van der Waals surface area contributed by atoms with E-state index in [4.69, 9.17) is 38.4 Å². The van der Waals surface area contributed by atoms with Gasteiger partial charge >= 0.3 is 12.1 Å². The first kappa shape index (κ1) is 57.7. The minimum atomic E-state index is -0.143. The summed E-state index contributed by atoms with van der Waals surface area (Å²) in [6.07, 6.45) is 19.3. The molecule has 0 saturated carbocycles. The SMILES string of the molecule is Cc1nccn1CC1=Cc2cccnc2C(N2CCN(C(=O)N(Cc3ccncc3)c3ccc(C#N)cc3)CC2)c2ccc(Cl)cc21.Cc1nccn1CC1=Cc2cccnc2C(N2CCN(C(=O)Nc3ccc(C#N)cc3)CC2)c2ccc(Cl)cc21. The Balaban J connectivity index is 0.000000172. The molecule has 19 heteroatoms. The number of allylic oxidation sites excluding steroid dienone is 2. The predicted octanol–water partition coefficient (Wildman–Crippen LogP) is 12.2. The minimum absolute atomic E-state index is 0.0719. The van der Waals surface area contributed by atoms with Crippen LogP contribution in [0.1, 0.15) is 85.2 Å². The van der Waals surface area contributed by atoms with Gasteiger partial charge in [0, 0.05) is 136 Å². The van der Waals surface area contributed by atoms with Crippen molar-refractivity contribution in [3.63, 3.8) is 0 Å². The molecule has 0 radical (unpaired) electrons. The van der Waals surface area contributed by atoms with Crippen molar-refractivity contribution >= 4 is 69.9 Å². The Kier molecular flexibility index (Phi) is 17.1. The zero-order valence-corrected chi connectivity index (χ0v) is 49.6. The molecule has 2 fully saturated rings. The second-order valence-electron chi connectivity index (χ2n) is 21.8. The fourth-order valence-electron chi connectivity index (χ4n) is 12.0. The highest BCUT2D eigenvalue weighted by Crippen LogP contribution is 2.43. The topological polar surface area (TPSA) is 184 Å². The van der Waals surface area contributed by atoms with Gasteiger partial charge in [-0.3, -0.25) is 29.7 Å². The van der Waals surface area contributed by atoms with E-state index in [1.54, 1.807) is 53.7 Å². The number of amides is 4. The maximum absolute atomic E-state index is 14.2. The predicted molar refractivity (Wildman–Crippen MR) is 338 cm³/mol. The molecule has 0 bridgehead atoms. The van der Waals surface area contributed by atoms with Crippen molar-refractivity contribution in [1.82, 2.24) is 53.7 Å². The quantitative estimate of drug-likeness (QED) is 0.137. The summed E-state index contributed by atoms with van der Waals surface area (Å²) in [4.78, 5) is 60.3. The molecule has 2 saturated heterocycles. The largest absolute Gasteiger partial charge is 0.331 e. The summed E-state index contributed by atoms with van der Waals surface area (Å²) in [7, 11) is 0. The highest BCUT2D eigenvalue weighted by molar-refractivity contribution is 6.31. The molecule has 0 spiro atoms. The fourth-order valence-corrected chi connectivity index (χ4v) is 12.3. The van der Waals surface area contributed by atoms with Gasteiger partial charge in [-0.2, -0.15) is 10.5 Å². The van der Waals surface area contributed by atoms with Gasteiger partial charge in [-0.05, 0) is 173 Å². The first-order valence-corrected chi connectivity index (χ1v) is 29.6. The van der Waals surface area contributed by atoms with Crippen molar-refractivity contribution < 1.29 is 9.59 Å². The summed E-state index contributed by atoms with van der Waals surface area (Å²) >= 11 is 13.2. The van der Waals surface area contributed by atoms with Gasteiger partial charge in [0.2, 0.25) is 0 Å². The van der Waals surface area contributed by atoms with Crippen LogP contribution in [0.4, 0.5) is 21.0 Å². The third-order valence-corrected chi connectivity index (χ3v) is 17.0. The molecule has 2 aliphatic heterocycles. The number of carbonyl (C=O) groups is 2. The highest BCUT2D eigenvalue weighted by atomic mass is 35.5. The van der Waals surface area contributed by atoms with Crippen molar-refractivity contribution in [1.29, 1.82) is 10.5 Å². The molecule has 4 aliphatic rings. The first-order chi connectivity index (χ1) is 42.5. The van der Waals surface area contributed by atoms with E-state index in [2.05, 4.69) is 99.9 Å². The Morgan fingerprint density at radius 1 is 0.575 bits per heavy atom. The number of aromatic nitrogens is 7. The van der Waals surface area contributed by atoms with Crippen molar-refractivity contribution in [2.24, 2.45) is 0 Å². The second kappa shape index (κ2) is 25.8. The van der Waals surface area contributed by atoms with Gasteiger partial charge in [0.25, 0.3) is 0 Å². The monoisotopic (exact) mass is 1190 g/mol. The number of halogens is 2. The van der Waals surface area contributed by atoms with Gasteiger partial charge in [-0.25, -0.2) is 19.6 Å². The van der Waals surface area contributed by atoms with Gasteiger partial charge < -0.3 is 24.3 Å². The summed E-state index contributed by atoms with van der Waals surface area (Å²) in [5.74, 6) is 1.90. The molecule has 9 aromatic rings. The van der Waals surface area contributed by atoms with Gasteiger partial charge in [0.1, 0.15) is 11.6 Å². The van der Waals surface area contributed by atoms with Gasteiger partial charge in [0.15, 0.2) is 0 Å². The smallest absolute Gasteiger partial charge is 0.324 e. The summed E-state index contributed by atoms with van der Waals surface area (Å²) in [5.41, 5.74) is 14.4. The number of nitrogens with zero attached hydrogens (tertiary/aromatic N) is 14. The number of imidazole rings is 2. The maximum Gasteiger partial charge on any atom is 0.324 e. The number of pyridine rings is 3. The van der Waals surface area contributed by atoms with Crippen LogP contribution in [-0.2, 0) is 19.6 Å². The normalized spacial score (nSPS) is 16.3. The van der Waals surface area contributed by atoms with Crippen molar-refractivity contribution in [3.05, 3.63) is 254 Å². The van der Waals surface area contributed by atoms with E-state index in [0.717, 1.165) is 78.8 Å². The number of anilines is 2. The first-order valence-electron chi connectivity index (χ1n) is 28.8. The number of fused-ring (bicyclic) bond motifs is 4. The number of carbonyl (C=O) groups excluding carboxylic acids is 2. The van der Waals surface area contributed by atoms with Crippen LogP contribution in [0.2, 0.25) is 10.0 Å². The molecule has 434 valence electrons. The van der Waals surface area contributed by atoms with Crippen LogP contribution in [0.3, 0.4) is 0 Å². The molecular weight excluding hydrogens is 1130 g/mol. The molecule has 1 N–H and O–H groups in total. The van der Waals surface area contributed by atoms with Crippen LogP contribution >= 0.6 is 23.2 Å². The van der Waals surface area contributed by atoms with E-state index in [9.17, 15) is 14.9 Å². The standard InChI is InChI=1S/C37H33ClN8O.C31H28ClN7O/c1-26-41-15-16-45(26)25-30-21-29-3-2-12-42-35(29)36(33-9-6-31(38)22-34(30)33)43-17-19-44(20-18-43)37(47)46(24-28-10-13-40-14-11-28)32-7-4-27(23-39)5-8-32;1-21-34-11-12-39(21)20-24-17-23-3-2-10-35-29(23)30(27-9-6-25(32)18-28(24)27)37-13-15-38(16-14-37)31(40)36-26-7-4-22(19-33)5-8-26/h2-16,21-22,36H,17-20,24-25H2,1H3;2-12,17-18,30H,13-16,20H2,1H3,(H,36,40). The van der Waals surface area contributed by atoms with E-state index in [1.807, 2.05) is 109 Å². The average Bonchev–Trinajstić information content (AvgIpc) is 1.84. The molecule has 2 atom stereocenters. The Hall–Kier alpha value is -9.75. The summed E-state index contributed by atoms with van der Waals surface area (Å²) in [6.45, 7) is 10.7. The highest BCUT2D eigenvalue weighted by Gasteiger charge is 2.37.